The van der Waals surface area contributed by atoms with Gasteiger partial charge in [0.05, 0.1) is 0 Å². The predicted octanol–water partition coefficient (Wildman–Crippen LogP) is 8.34. The van der Waals surface area contributed by atoms with Gasteiger partial charge >= 0.3 is 0 Å². The van der Waals surface area contributed by atoms with Gasteiger partial charge in [0.2, 0.25) is 0 Å². The smallest absolute Gasteiger partial charge is 0.135 e. The van der Waals surface area contributed by atoms with Crippen molar-refractivity contribution >= 4 is 0 Å². The molecule has 0 aliphatic heterocycles. The highest BCUT2D eigenvalue weighted by atomic mass is 15.1. The number of hydrogen-bond donors (Lipinski definition) is 0. The molecule has 176 valence electrons. The van der Waals surface area contributed by atoms with Crippen molar-refractivity contribution in [2.24, 2.45) is 17.8 Å². The summed E-state index contributed by atoms with van der Waals surface area (Å²) in [5.41, 5.74) is 1.54. The lowest BCUT2D eigenvalue weighted by Crippen LogP contribution is -2.13. The molecule has 0 spiro atoms. The van der Waals surface area contributed by atoms with Crippen LogP contribution in [0.25, 0.3) is 0 Å². The monoisotopic (exact) mass is 434 g/mol. The first kappa shape index (κ1) is 26.5. The minimum absolute atomic E-state index is 0.535. The highest BCUT2D eigenvalue weighted by Gasteiger charge is 2.19. The van der Waals surface area contributed by atoms with E-state index >= 15 is 0 Å². The molecular formula is C30H46N2. The summed E-state index contributed by atoms with van der Waals surface area (Å²) in [6, 6.07) is 3.94. The summed E-state index contributed by atoms with van der Waals surface area (Å²) in [4.78, 5) is 0. The molecule has 1 aromatic heterocycles. The first-order valence-electron chi connectivity index (χ1n) is 13.6. The lowest BCUT2D eigenvalue weighted by Gasteiger charge is -2.25. The Balaban J connectivity index is 1.68. The summed E-state index contributed by atoms with van der Waals surface area (Å²) in [6.07, 6.45) is 20.9. The number of unbranched alkanes of at least 4 members (excludes halogenated alkanes) is 5. The normalized spacial score (nSPS) is 18.8. The van der Waals surface area contributed by atoms with Crippen molar-refractivity contribution in [1.82, 2.24) is 10.2 Å². The van der Waals surface area contributed by atoms with Crippen LogP contribution >= 0.6 is 0 Å². The summed E-state index contributed by atoms with van der Waals surface area (Å²) >= 11 is 0. The second kappa shape index (κ2) is 16.8. The Labute approximate surface area is 198 Å². The minimum atomic E-state index is 0.535. The van der Waals surface area contributed by atoms with Gasteiger partial charge in [-0.05, 0) is 74.3 Å². The van der Waals surface area contributed by atoms with Gasteiger partial charge in [0.1, 0.15) is 11.4 Å². The number of aromatic nitrogens is 2. The zero-order valence-electron chi connectivity index (χ0n) is 21.1. The second-order valence-electron chi connectivity index (χ2n) is 9.75. The molecule has 1 unspecified atom stereocenters. The van der Waals surface area contributed by atoms with Crippen molar-refractivity contribution < 1.29 is 0 Å². The Morgan fingerprint density at radius 1 is 0.812 bits per heavy atom. The van der Waals surface area contributed by atoms with Crippen LogP contribution < -0.4 is 0 Å². The predicted molar refractivity (Wildman–Crippen MR) is 137 cm³/mol. The van der Waals surface area contributed by atoms with E-state index in [4.69, 9.17) is 0 Å². The van der Waals surface area contributed by atoms with Gasteiger partial charge in [0.25, 0.3) is 0 Å². The molecule has 2 rings (SSSR count). The molecule has 0 saturated heterocycles. The molecule has 1 aliphatic rings. The van der Waals surface area contributed by atoms with Crippen molar-refractivity contribution in [1.29, 1.82) is 0 Å². The summed E-state index contributed by atoms with van der Waals surface area (Å²) in [6.45, 7) is 6.88. The van der Waals surface area contributed by atoms with Crippen molar-refractivity contribution in [3.05, 3.63) is 23.5 Å². The van der Waals surface area contributed by atoms with Crippen LogP contribution in [0.1, 0.15) is 135 Å². The van der Waals surface area contributed by atoms with Crippen LogP contribution in [0.5, 0.6) is 0 Å². The van der Waals surface area contributed by atoms with E-state index in [9.17, 15) is 0 Å². The molecule has 0 N–H and O–H groups in total. The summed E-state index contributed by atoms with van der Waals surface area (Å²) in [5.74, 6) is 15.5. The van der Waals surface area contributed by atoms with E-state index in [1.165, 1.54) is 96.3 Å². The van der Waals surface area contributed by atoms with E-state index in [-0.39, 0.29) is 0 Å². The van der Waals surface area contributed by atoms with Crippen molar-refractivity contribution in [2.45, 2.75) is 124 Å². The van der Waals surface area contributed by atoms with Crippen LogP contribution in [0.2, 0.25) is 0 Å². The van der Waals surface area contributed by atoms with Gasteiger partial charge in [-0.25, -0.2) is 0 Å². The molecule has 0 radical (unpaired) electrons. The maximum absolute atomic E-state index is 4.28. The fourth-order valence-corrected chi connectivity index (χ4v) is 4.79. The standard InChI is InChI=1S/C30H46N2/c1-4-7-10-14-26(6-3)15-12-9-13-17-29-24-25-30(32-31-29)23-22-28-20-18-27(19-21-28)16-11-8-5-2/h24-28H,4-12,14-16,18-21H2,1-3H3/t26?,27-,28-. The van der Waals surface area contributed by atoms with E-state index in [0.717, 1.165) is 29.6 Å². The zero-order chi connectivity index (χ0) is 22.9. The highest BCUT2D eigenvalue weighted by Crippen LogP contribution is 2.31. The van der Waals surface area contributed by atoms with Crippen LogP contribution in [0.3, 0.4) is 0 Å². The Morgan fingerprint density at radius 2 is 1.47 bits per heavy atom. The summed E-state index contributed by atoms with van der Waals surface area (Å²) in [7, 11) is 0. The Bertz CT molecular complexity index is 720. The minimum Gasteiger partial charge on any atom is -0.141 e. The average molecular weight is 435 g/mol. The van der Waals surface area contributed by atoms with E-state index in [0.29, 0.717) is 5.92 Å². The van der Waals surface area contributed by atoms with E-state index in [1.807, 2.05) is 12.1 Å². The van der Waals surface area contributed by atoms with Gasteiger partial charge < -0.3 is 0 Å². The highest BCUT2D eigenvalue weighted by molar-refractivity contribution is 5.32. The molecule has 1 saturated carbocycles. The van der Waals surface area contributed by atoms with Gasteiger partial charge in [0.15, 0.2) is 0 Å². The molecule has 1 atom stereocenters. The average Bonchev–Trinajstić information content (AvgIpc) is 2.83. The van der Waals surface area contributed by atoms with Crippen LogP contribution in [0.4, 0.5) is 0 Å². The largest absolute Gasteiger partial charge is 0.141 e. The van der Waals surface area contributed by atoms with Crippen LogP contribution in [-0.4, -0.2) is 10.2 Å². The number of nitrogens with zero attached hydrogens (tertiary/aromatic N) is 2. The lowest BCUT2D eigenvalue weighted by atomic mass is 9.80. The van der Waals surface area contributed by atoms with Gasteiger partial charge in [-0.1, -0.05) is 90.4 Å². The second-order valence-corrected chi connectivity index (χ2v) is 9.75. The molecule has 1 aromatic rings. The molecule has 2 nitrogen and oxygen atoms in total. The molecule has 1 aliphatic carbocycles. The zero-order valence-corrected chi connectivity index (χ0v) is 21.1. The van der Waals surface area contributed by atoms with Crippen molar-refractivity contribution in [3.8, 4) is 23.7 Å². The molecule has 2 heteroatoms. The Kier molecular flexibility index (Phi) is 13.9. The number of hydrogen-bond acceptors (Lipinski definition) is 2. The van der Waals surface area contributed by atoms with E-state index in [1.54, 1.807) is 0 Å². The fourth-order valence-electron chi connectivity index (χ4n) is 4.79. The van der Waals surface area contributed by atoms with Crippen LogP contribution in [-0.2, 0) is 0 Å². The first-order chi connectivity index (χ1) is 15.7. The van der Waals surface area contributed by atoms with Crippen LogP contribution in [0.15, 0.2) is 12.1 Å². The molecular weight excluding hydrogens is 388 g/mol. The molecule has 32 heavy (non-hydrogen) atoms. The maximum atomic E-state index is 4.28. The third-order valence-electron chi connectivity index (χ3n) is 7.06. The number of rotatable bonds is 12. The van der Waals surface area contributed by atoms with E-state index < -0.39 is 0 Å². The molecule has 0 bridgehead atoms. The molecule has 1 heterocycles. The SMILES string of the molecule is CCCCCC(CC)CCCC#Cc1ccc(C#C[C@H]2CC[C@H](CCCCC)CC2)nn1. The third-order valence-corrected chi connectivity index (χ3v) is 7.06. The molecule has 0 amide bonds. The van der Waals surface area contributed by atoms with Gasteiger partial charge in [-0.15, -0.1) is 10.2 Å². The van der Waals surface area contributed by atoms with Crippen molar-refractivity contribution in [3.63, 3.8) is 0 Å². The van der Waals surface area contributed by atoms with Crippen molar-refractivity contribution in [2.75, 3.05) is 0 Å². The van der Waals surface area contributed by atoms with Crippen LogP contribution in [0, 0.1) is 41.4 Å². The third kappa shape index (κ3) is 11.2. The van der Waals surface area contributed by atoms with E-state index in [2.05, 4.69) is 54.7 Å². The fraction of sp³-hybridized carbons (Fsp3) is 0.733. The summed E-state index contributed by atoms with van der Waals surface area (Å²) in [5, 5.41) is 8.55. The Morgan fingerprint density at radius 3 is 2.12 bits per heavy atom. The van der Waals surface area contributed by atoms with Gasteiger partial charge in [-0.2, -0.15) is 0 Å². The Hall–Kier alpha value is -1.80. The topological polar surface area (TPSA) is 25.8 Å². The molecule has 1 fully saturated rings. The maximum Gasteiger partial charge on any atom is 0.135 e. The van der Waals surface area contributed by atoms with Gasteiger partial charge in [-0.3, -0.25) is 0 Å². The molecule has 0 aromatic carbocycles. The lowest BCUT2D eigenvalue weighted by molar-refractivity contribution is 0.294. The van der Waals surface area contributed by atoms with Gasteiger partial charge in [0, 0.05) is 12.3 Å². The first-order valence-corrected chi connectivity index (χ1v) is 13.6. The summed E-state index contributed by atoms with van der Waals surface area (Å²) < 4.78 is 0. The quantitative estimate of drug-likeness (QED) is 0.244.